The second kappa shape index (κ2) is 7.80. The highest BCUT2D eigenvalue weighted by Crippen LogP contribution is 2.33. The third-order valence-electron chi connectivity index (χ3n) is 6.15. The highest BCUT2D eigenvalue weighted by atomic mass is 16.5. The molecule has 0 aliphatic carbocycles. The molecule has 3 heterocycles. The van der Waals surface area contributed by atoms with E-state index in [1.165, 1.54) is 45.2 Å². The summed E-state index contributed by atoms with van der Waals surface area (Å²) in [5.41, 5.74) is 1.34. The van der Waals surface area contributed by atoms with Gasteiger partial charge in [0, 0.05) is 18.0 Å². The van der Waals surface area contributed by atoms with Crippen molar-refractivity contribution in [3.8, 4) is 11.5 Å². The van der Waals surface area contributed by atoms with Crippen LogP contribution in [0.3, 0.4) is 0 Å². The van der Waals surface area contributed by atoms with Gasteiger partial charge in [-0.3, -0.25) is 4.79 Å². The summed E-state index contributed by atoms with van der Waals surface area (Å²) in [7, 11) is 3.26. The molecule has 4 rings (SSSR count). The lowest BCUT2D eigenvalue weighted by atomic mass is 9.83. The molecule has 0 radical (unpaired) electrons. The standard InChI is InChI=1S/C21H29N3O3/c1-26-18-8-9-19(27-2)20-15(18)12-16(23-20)21(25)22-13-14-6-5-11-24-10-4-3-7-17(14)24/h8-9,12,14,17,23H,3-7,10-11,13H2,1-2H3,(H,22,25)/t14-,17+/m0/s1. The van der Waals surface area contributed by atoms with E-state index in [4.69, 9.17) is 9.47 Å². The highest BCUT2D eigenvalue weighted by molar-refractivity contribution is 6.01. The molecule has 2 saturated heterocycles. The van der Waals surface area contributed by atoms with Gasteiger partial charge in [0.25, 0.3) is 5.91 Å². The number of aromatic nitrogens is 1. The Bertz CT molecular complexity index is 773. The number of amides is 1. The number of nitrogens with one attached hydrogen (secondary N) is 2. The molecule has 0 bridgehead atoms. The zero-order chi connectivity index (χ0) is 18.8. The van der Waals surface area contributed by atoms with E-state index in [-0.39, 0.29) is 5.91 Å². The van der Waals surface area contributed by atoms with Gasteiger partial charge in [-0.15, -0.1) is 0 Å². The van der Waals surface area contributed by atoms with E-state index < -0.39 is 0 Å². The Morgan fingerprint density at radius 3 is 2.74 bits per heavy atom. The van der Waals surface area contributed by atoms with Crippen molar-refractivity contribution in [1.29, 1.82) is 0 Å². The molecule has 2 fully saturated rings. The molecule has 6 nitrogen and oxygen atoms in total. The van der Waals surface area contributed by atoms with Gasteiger partial charge in [0.15, 0.2) is 0 Å². The molecular formula is C21H29N3O3. The van der Waals surface area contributed by atoms with Gasteiger partial charge in [-0.2, -0.15) is 0 Å². The van der Waals surface area contributed by atoms with Crippen LogP contribution in [0.25, 0.3) is 10.9 Å². The number of carbonyl (C=O) groups is 1. The Hall–Kier alpha value is -2.21. The van der Waals surface area contributed by atoms with Crippen molar-refractivity contribution in [2.75, 3.05) is 33.9 Å². The summed E-state index contributed by atoms with van der Waals surface area (Å²) >= 11 is 0. The summed E-state index contributed by atoms with van der Waals surface area (Å²) in [5, 5.41) is 4.02. The summed E-state index contributed by atoms with van der Waals surface area (Å²) < 4.78 is 10.8. The number of nitrogens with zero attached hydrogens (tertiary/aromatic N) is 1. The van der Waals surface area contributed by atoms with Gasteiger partial charge in [0.1, 0.15) is 17.2 Å². The third-order valence-corrected chi connectivity index (χ3v) is 6.15. The summed E-state index contributed by atoms with van der Waals surface area (Å²) in [6.07, 6.45) is 6.33. The fraction of sp³-hybridized carbons (Fsp3) is 0.571. The first-order chi connectivity index (χ1) is 13.2. The Kier molecular flexibility index (Phi) is 5.25. The minimum Gasteiger partial charge on any atom is -0.496 e. The van der Waals surface area contributed by atoms with Crippen molar-refractivity contribution in [3.63, 3.8) is 0 Å². The molecule has 146 valence electrons. The first kappa shape index (κ1) is 18.2. The Morgan fingerprint density at radius 1 is 1.15 bits per heavy atom. The minimum atomic E-state index is -0.0664. The monoisotopic (exact) mass is 371 g/mol. The van der Waals surface area contributed by atoms with Crippen LogP contribution < -0.4 is 14.8 Å². The lowest BCUT2D eigenvalue weighted by Crippen LogP contribution is -2.51. The number of H-pyrrole nitrogens is 1. The van der Waals surface area contributed by atoms with E-state index in [2.05, 4.69) is 15.2 Å². The zero-order valence-corrected chi connectivity index (χ0v) is 16.2. The van der Waals surface area contributed by atoms with Gasteiger partial charge in [-0.05, 0) is 62.9 Å². The van der Waals surface area contributed by atoms with Crippen LogP contribution in [0.15, 0.2) is 18.2 Å². The molecular weight excluding hydrogens is 342 g/mol. The number of hydrogen-bond donors (Lipinski definition) is 2. The summed E-state index contributed by atoms with van der Waals surface area (Å²) in [6.45, 7) is 3.18. The number of benzene rings is 1. The van der Waals surface area contributed by atoms with Crippen LogP contribution in [0.2, 0.25) is 0 Å². The van der Waals surface area contributed by atoms with Crippen molar-refractivity contribution >= 4 is 16.8 Å². The molecule has 6 heteroatoms. The first-order valence-electron chi connectivity index (χ1n) is 9.97. The van der Waals surface area contributed by atoms with E-state index in [0.29, 0.717) is 23.4 Å². The van der Waals surface area contributed by atoms with Gasteiger partial charge in [-0.1, -0.05) is 6.42 Å². The molecule has 2 aliphatic heterocycles. The lowest BCUT2D eigenvalue weighted by Gasteiger charge is -2.44. The number of rotatable bonds is 5. The van der Waals surface area contributed by atoms with Crippen LogP contribution in [0.1, 0.15) is 42.6 Å². The maximum Gasteiger partial charge on any atom is 0.267 e. The fourth-order valence-electron chi connectivity index (χ4n) is 4.77. The van der Waals surface area contributed by atoms with E-state index in [0.717, 1.165) is 23.2 Å². The molecule has 2 aromatic rings. The predicted octanol–water partition coefficient (Wildman–Crippen LogP) is 3.18. The molecule has 1 aromatic heterocycles. The average molecular weight is 371 g/mol. The number of piperidine rings is 2. The van der Waals surface area contributed by atoms with Gasteiger partial charge < -0.3 is 24.7 Å². The van der Waals surface area contributed by atoms with E-state index in [1.807, 2.05) is 18.2 Å². The van der Waals surface area contributed by atoms with Crippen molar-refractivity contribution in [2.24, 2.45) is 5.92 Å². The topological polar surface area (TPSA) is 66.6 Å². The number of hydrogen-bond acceptors (Lipinski definition) is 4. The van der Waals surface area contributed by atoms with Crippen LogP contribution in [0, 0.1) is 5.92 Å². The maximum atomic E-state index is 12.8. The number of ether oxygens (including phenoxy) is 2. The quantitative estimate of drug-likeness (QED) is 0.847. The molecule has 1 aromatic carbocycles. The molecule has 2 N–H and O–H groups in total. The molecule has 0 spiro atoms. The molecule has 2 aliphatic rings. The largest absolute Gasteiger partial charge is 0.496 e. The smallest absolute Gasteiger partial charge is 0.267 e. The summed E-state index contributed by atoms with van der Waals surface area (Å²) in [4.78, 5) is 18.6. The molecule has 0 unspecified atom stereocenters. The summed E-state index contributed by atoms with van der Waals surface area (Å²) in [5.74, 6) is 1.92. The molecule has 27 heavy (non-hydrogen) atoms. The van der Waals surface area contributed by atoms with Crippen molar-refractivity contribution in [3.05, 3.63) is 23.9 Å². The van der Waals surface area contributed by atoms with Crippen LogP contribution in [-0.2, 0) is 0 Å². The zero-order valence-electron chi connectivity index (χ0n) is 16.2. The number of aromatic amines is 1. The van der Waals surface area contributed by atoms with E-state index >= 15 is 0 Å². The maximum absolute atomic E-state index is 12.8. The number of carbonyl (C=O) groups excluding carboxylic acids is 1. The van der Waals surface area contributed by atoms with E-state index in [1.54, 1.807) is 14.2 Å². The first-order valence-corrected chi connectivity index (χ1v) is 9.97. The Morgan fingerprint density at radius 2 is 1.93 bits per heavy atom. The summed E-state index contributed by atoms with van der Waals surface area (Å²) in [6, 6.07) is 6.19. The average Bonchev–Trinajstić information content (AvgIpc) is 3.17. The van der Waals surface area contributed by atoms with Gasteiger partial charge in [0.2, 0.25) is 0 Å². The van der Waals surface area contributed by atoms with Crippen LogP contribution in [0.4, 0.5) is 0 Å². The Balaban J connectivity index is 1.48. The van der Waals surface area contributed by atoms with Crippen molar-refractivity contribution in [1.82, 2.24) is 15.2 Å². The van der Waals surface area contributed by atoms with Crippen molar-refractivity contribution in [2.45, 2.75) is 38.1 Å². The Labute approximate surface area is 160 Å². The van der Waals surface area contributed by atoms with Gasteiger partial charge in [0.05, 0.1) is 19.7 Å². The lowest BCUT2D eigenvalue weighted by molar-refractivity contribution is 0.0575. The molecule has 1 amide bonds. The normalized spacial score (nSPS) is 23.0. The molecule has 0 saturated carbocycles. The van der Waals surface area contributed by atoms with Crippen LogP contribution in [-0.4, -0.2) is 55.7 Å². The minimum absolute atomic E-state index is 0.0664. The van der Waals surface area contributed by atoms with E-state index in [9.17, 15) is 4.79 Å². The van der Waals surface area contributed by atoms with Gasteiger partial charge in [-0.25, -0.2) is 0 Å². The van der Waals surface area contributed by atoms with Gasteiger partial charge >= 0.3 is 0 Å². The second-order valence-electron chi connectivity index (χ2n) is 7.65. The number of methoxy groups -OCH3 is 2. The SMILES string of the molecule is COc1ccc(OC)c2[nH]c(C(=O)NC[C@@H]3CCCN4CCCC[C@H]34)cc12. The third kappa shape index (κ3) is 3.50. The van der Waals surface area contributed by atoms with Crippen LogP contribution in [0.5, 0.6) is 11.5 Å². The molecule has 2 atom stereocenters. The second-order valence-corrected chi connectivity index (χ2v) is 7.65. The van der Waals surface area contributed by atoms with Crippen LogP contribution >= 0.6 is 0 Å². The number of fused-ring (bicyclic) bond motifs is 2. The predicted molar refractivity (Wildman–Crippen MR) is 106 cm³/mol. The highest BCUT2D eigenvalue weighted by Gasteiger charge is 2.33. The fourth-order valence-corrected chi connectivity index (χ4v) is 4.77. The van der Waals surface area contributed by atoms with Crippen molar-refractivity contribution < 1.29 is 14.3 Å².